The van der Waals surface area contributed by atoms with Gasteiger partial charge in [0, 0.05) is 6.42 Å². The van der Waals surface area contributed by atoms with Crippen molar-refractivity contribution in [2.75, 3.05) is 13.7 Å². The molecule has 82 valence electrons. The van der Waals surface area contributed by atoms with E-state index in [0.717, 1.165) is 5.56 Å². The smallest absolute Gasteiger partial charge is 0.184 e. The molecule has 0 bridgehead atoms. The largest absolute Gasteiger partial charge is 0.495 e. The van der Waals surface area contributed by atoms with E-state index in [9.17, 15) is 0 Å². The summed E-state index contributed by atoms with van der Waals surface area (Å²) in [5.41, 5.74) is 0.953. The molecule has 1 aromatic rings. The molecule has 4 heteroatoms. The van der Waals surface area contributed by atoms with Gasteiger partial charge in [0.25, 0.3) is 0 Å². The summed E-state index contributed by atoms with van der Waals surface area (Å²) >= 11 is 5.88. The first-order valence-corrected chi connectivity index (χ1v) is 5.07. The van der Waals surface area contributed by atoms with Crippen LogP contribution < -0.4 is 4.74 Å². The number of hydrogen-bond donors (Lipinski definition) is 1. The van der Waals surface area contributed by atoms with Crippen molar-refractivity contribution >= 4 is 17.5 Å². The number of benzene rings is 1. The van der Waals surface area contributed by atoms with E-state index in [4.69, 9.17) is 26.5 Å². The molecule has 0 aromatic heterocycles. The van der Waals surface area contributed by atoms with Gasteiger partial charge in [-0.05, 0) is 24.6 Å². The average molecular weight is 228 g/mol. The van der Waals surface area contributed by atoms with Gasteiger partial charge in [0.15, 0.2) is 5.90 Å². The number of nitrogens with one attached hydrogen (secondary N) is 1. The van der Waals surface area contributed by atoms with Gasteiger partial charge in [0.05, 0.1) is 18.7 Å². The zero-order valence-corrected chi connectivity index (χ0v) is 9.60. The van der Waals surface area contributed by atoms with Crippen LogP contribution in [0.3, 0.4) is 0 Å². The molecule has 0 aliphatic carbocycles. The predicted molar refractivity (Wildman–Crippen MR) is 61.1 cm³/mol. The van der Waals surface area contributed by atoms with Gasteiger partial charge in [-0.2, -0.15) is 0 Å². The van der Waals surface area contributed by atoms with Gasteiger partial charge in [-0.1, -0.05) is 17.7 Å². The molecule has 0 heterocycles. The van der Waals surface area contributed by atoms with Crippen molar-refractivity contribution < 1.29 is 9.47 Å². The van der Waals surface area contributed by atoms with Crippen molar-refractivity contribution in [2.24, 2.45) is 0 Å². The van der Waals surface area contributed by atoms with E-state index in [0.29, 0.717) is 23.8 Å². The van der Waals surface area contributed by atoms with E-state index in [1.165, 1.54) is 0 Å². The topological polar surface area (TPSA) is 42.3 Å². The zero-order valence-electron chi connectivity index (χ0n) is 8.84. The van der Waals surface area contributed by atoms with Gasteiger partial charge in [-0.15, -0.1) is 0 Å². The Kier molecular flexibility index (Phi) is 4.43. The Bertz CT molecular complexity index is 352. The average Bonchev–Trinajstić information content (AvgIpc) is 2.21. The van der Waals surface area contributed by atoms with Crippen molar-refractivity contribution in [2.45, 2.75) is 13.3 Å². The van der Waals surface area contributed by atoms with E-state index in [-0.39, 0.29) is 5.90 Å². The standard InChI is InChI=1S/C11H14ClNO2/c1-3-15-11(13)7-8-4-5-9(12)10(6-8)14-2/h4-6,13H,3,7H2,1-2H3. The number of rotatable bonds is 4. The normalized spacial score (nSPS) is 9.80. The quantitative estimate of drug-likeness (QED) is 0.635. The molecule has 0 radical (unpaired) electrons. The third-order valence-electron chi connectivity index (χ3n) is 1.90. The minimum Gasteiger partial charge on any atom is -0.495 e. The maximum atomic E-state index is 7.51. The number of methoxy groups -OCH3 is 1. The molecule has 15 heavy (non-hydrogen) atoms. The molecule has 0 amide bonds. The molecular formula is C11H14ClNO2. The highest BCUT2D eigenvalue weighted by molar-refractivity contribution is 6.32. The van der Waals surface area contributed by atoms with E-state index in [2.05, 4.69) is 0 Å². The first-order valence-electron chi connectivity index (χ1n) is 4.70. The molecule has 1 N–H and O–H groups in total. The van der Waals surface area contributed by atoms with E-state index >= 15 is 0 Å². The zero-order chi connectivity index (χ0) is 11.3. The maximum absolute atomic E-state index is 7.51. The SMILES string of the molecule is CCOC(=N)Cc1ccc(Cl)c(OC)c1. The Morgan fingerprint density at radius 1 is 1.47 bits per heavy atom. The Balaban J connectivity index is 2.74. The minimum atomic E-state index is 0.252. The number of ether oxygens (including phenoxy) is 2. The highest BCUT2D eigenvalue weighted by Gasteiger charge is 2.04. The lowest BCUT2D eigenvalue weighted by Gasteiger charge is -2.07. The Morgan fingerprint density at radius 2 is 2.20 bits per heavy atom. The maximum Gasteiger partial charge on any atom is 0.184 e. The van der Waals surface area contributed by atoms with Crippen LogP contribution in [0.2, 0.25) is 5.02 Å². The Morgan fingerprint density at radius 3 is 2.80 bits per heavy atom. The predicted octanol–water partition coefficient (Wildman–Crippen LogP) is 2.90. The van der Waals surface area contributed by atoms with Crippen LogP contribution in [-0.2, 0) is 11.2 Å². The molecule has 3 nitrogen and oxygen atoms in total. The van der Waals surface area contributed by atoms with Gasteiger partial charge in [0.2, 0.25) is 0 Å². The Hall–Kier alpha value is -1.22. The molecule has 1 aromatic carbocycles. The minimum absolute atomic E-state index is 0.252. The lowest BCUT2D eigenvalue weighted by atomic mass is 10.1. The summed E-state index contributed by atoms with van der Waals surface area (Å²) in [6, 6.07) is 5.43. The van der Waals surface area contributed by atoms with E-state index in [1.807, 2.05) is 19.1 Å². The molecule has 0 fully saturated rings. The second kappa shape index (κ2) is 5.61. The fourth-order valence-electron chi connectivity index (χ4n) is 1.22. The fourth-order valence-corrected chi connectivity index (χ4v) is 1.42. The number of halogens is 1. The molecule has 0 aliphatic heterocycles. The summed E-state index contributed by atoms with van der Waals surface area (Å²) in [5.74, 6) is 0.875. The summed E-state index contributed by atoms with van der Waals surface area (Å²) in [6.07, 6.45) is 0.460. The summed E-state index contributed by atoms with van der Waals surface area (Å²) < 4.78 is 10.1. The molecule has 0 saturated carbocycles. The van der Waals surface area contributed by atoms with Crippen LogP contribution in [0, 0.1) is 5.41 Å². The van der Waals surface area contributed by atoms with Gasteiger partial charge >= 0.3 is 0 Å². The first kappa shape index (κ1) is 11.9. The van der Waals surface area contributed by atoms with Crippen molar-refractivity contribution in [1.82, 2.24) is 0 Å². The summed E-state index contributed by atoms with van der Waals surface area (Å²) in [4.78, 5) is 0. The highest BCUT2D eigenvalue weighted by atomic mass is 35.5. The highest BCUT2D eigenvalue weighted by Crippen LogP contribution is 2.25. The van der Waals surface area contributed by atoms with Gasteiger partial charge in [-0.3, -0.25) is 5.41 Å². The molecule has 1 rings (SSSR count). The van der Waals surface area contributed by atoms with Gasteiger partial charge in [-0.25, -0.2) is 0 Å². The first-order chi connectivity index (χ1) is 7.17. The van der Waals surface area contributed by atoms with Crippen LogP contribution in [0.1, 0.15) is 12.5 Å². The van der Waals surface area contributed by atoms with Crippen molar-refractivity contribution in [3.05, 3.63) is 28.8 Å². The third kappa shape index (κ3) is 3.44. The molecule has 0 spiro atoms. The van der Waals surface area contributed by atoms with Crippen LogP contribution in [0.4, 0.5) is 0 Å². The van der Waals surface area contributed by atoms with Crippen LogP contribution in [-0.4, -0.2) is 19.6 Å². The lowest BCUT2D eigenvalue weighted by Crippen LogP contribution is -2.06. The van der Waals surface area contributed by atoms with Crippen molar-refractivity contribution in [3.63, 3.8) is 0 Å². The monoisotopic (exact) mass is 227 g/mol. The molecule has 0 aliphatic rings. The summed E-state index contributed by atoms with van der Waals surface area (Å²) in [6.45, 7) is 2.38. The summed E-state index contributed by atoms with van der Waals surface area (Å²) in [7, 11) is 1.57. The Labute approximate surface area is 94.5 Å². The third-order valence-corrected chi connectivity index (χ3v) is 2.21. The van der Waals surface area contributed by atoms with Crippen molar-refractivity contribution in [3.8, 4) is 5.75 Å². The fraction of sp³-hybridized carbons (Fsp3) is 0.364. The van der Waals surface area contributed by atoms with Crippen LogP contribution in [0.25, 0.3) is 0 Å². The van der Waals surface area contributed by atoms with Crippen LogP contribution in [0.5, 0.6) is 5.75 Å². The molecule has 0 atom stereocenters. The van der Waals surface area contributed by atoms with Crippen molar-refractivity contribution in [1.29, 1.82) is 5.41 Å². The van der Waals surface area contributed by atoms with Gasteiger partial charge < -0.3 is 9.47 Å². The second-order valence-corrected chi connectivity index (χ2v) is 3.41. The molecular weight excluding hydrogens is 214 g/mol. The van der Waals surface area contributed by atoms with Crippen LogP contribution in [0.15, 0.2) is 18.2 Å². The van der Waals surface area contributed by atoms with E-state index in [1.54, 1.807) is 13.2 Å². The molecule has 0 saturated heterocycles. The summed E-state index contributed by atoms with van der Waals surface area (Å²) in [5, 5.41) is 8.08. The second-order valence-electron chi connectivity index (χ2n) is 3.00. The van der Waals surface area contributed by atoms with Crippen LogP contribution >= 0.6 is 11.6 Å². The van der Waals surface area contributed by atoms with Gasteiger partial charge in [0.1, 0.15) is 5.75 Å². The molecule has 0 unspecified atom stereocenters. The van der Waals surface area contributed by atoms with E-state index < -0.39 is 0 Å². The number of hydrogen-bond acceptors (Lipinski definition) is 3. The lowest BCUT2D eigenvalue weighted by molar-refractivity contribution is 0.317.